The van der Waals surface area contributed by atoms with Crippen LogP contribution in [-0.4, -0.2) is 25.5 Å². The van der Waals surface area contributed by atoms with Crippen LogP contribution in [0, 0.1) is 5.82 Å². The zero-order valence-corrected chi connectivity index (χ0v) is 10.5. The third kappa shape index (κ3) is 3.17. The molecule has 0 aliphatic carbocycles. The fraction of sp³-hybridized carbons (Fsp3) is 0.300. The number of rotatable bonds is 5. The third-order valence-electron chi connectivity index (χ3n) is 2.30. The molecule has 1 aromatic carbocycles. The van der Waals surface area contributed by atoms with E-state index in [9.17, 15) is 12.8 Å². The second-order valence-corrected chi connectivity index (χ2v) is 5.22. The lowest BCUT2D eigenvalue weighted by atomic mass is 10.2. The lowest BCUT2D eigenvalue weighted by Gasteiger charge is -2.15. The van der Waals surface area contributed by atoms with Crippen molar-refractivity contribution in [3.8, 4) is 0 Å². The molecular weight excluding hydrogens is 261 g/mol. The van der Waals surface area contributed by atoms with Crippen molar-refractivity contribution in [2.45, 2.75) is 24.3 Å². The second-order valence-electron chi connectivity index (χ2n) is 3.54. The van der Waals surface area contributed by atoms with Gasteiger partial charge in [-0.25, -0.2) is 17.5 Å². The number of amidine groups is 1. The van der Waals surface area contributed by atoms with E-state index in [-0.39, 0.29) is 12.3 Å². The lowest BCUT2D eigenvalue weighted by molar-refractivity contribution is 0.315. The molecule has 6 nitrogen and oxygen atoms in total. The molecule has 1 aromatic rings. The Hall–Kier alpha value is -1.67. The lowest BCUT2D eigenvalue weighted by Crippen LogP contribution is -2.44. The molecule has 0 bridgehead atoms. The predicted octanol–water partition coefficient (Wildman–Crippen LogP) is 0.629. The van der Waals surface area contributed by atoms with Crippen molar-refractivity contribution in [1.82, 2.24) is 4.72 Å². The van der Waals surface area contributed by atoms with Crippen molar-refractivity contribution in [1.29, 1.82) is 0 Å². The van der Waals surface area contributed by atoms with E-state index >= 15 is 0 Å². The first kappa shape index (κ1) is 14.4. The van der Waals surface area contributed by atoms with Crippen LogP contribution in [0.2, 0.25) is 0 Å². The minimum Gasteiger partial charge on any atom is -0.409 e. The molecule has 0 saturated carbocycles. The van der Waals surface area contributed by atoms with Gasteiger partial charge in [0.1, 0.15) is 10.7 Å². The molecule has 0 heterocycles. The second kappa shape index (κ2) is 5.78. The van der Waals surface area contributed by atoms with Crippen LogP contribution in [0.3, 0.4) is 0 Å². The van der Waals surface area contributed by atoms with Gasteiger partial charge in [0.25, 0.3) is 0 Å². The van der Waals surface area contributed by atoms with Crippen molar-refractivity contribution < 1.29 is 18.0 Å². The maximum absolute atomic E-state index is 13.4. The highest BCUT2D eigenvalue weighted by Gasteiger charge is 2.24. The molecule has 0 aliphatic rings. The average molecular weight is 275 g/mol. The van der Waals surface area contributed by atoms with Crippen LogP contribution in [0.1, 0.15) is 13.3 Å². The van der Waals surface area contributed by atoms with Crippen molar-refractivity contribution in [2.75, 3.05) is 0 Å². The standard InChI is InChI=1S/C10H14FN3O3S/c1-2-8(10(12)13-15)14-18(16,17)9-6-4-3-5-7(9)11/h3-6,8,14-15H,2H2,1H3,(H2,12,13). The molecular formula is C10H14FN3O3S. The first-order chi connectivity index (χ1) is 8.42. The van der Waals surface area contributed by atoms with E-state index in [1.165, 1.54) is 12.1 Å². The summed E-state index contributed by atoms with van der Waals surface area (Å²) in [6.07, 6.45) is 0.267. The van der Waals surface area contributed by atoms with Crippen molar-refractivity contribution in [3.63, 3.8) is 0 Å². The van der Waals surface area contributed by atoms with E-state index in [4.69, 9.17) is 10.9 Å². The third-order valence-corrected chi connectivity index (χ3v) is 3.81. The highest BCUT2D eigenvalue weighted by molar-refractivity contribution is 7.89. The maximum atomic E-state index is 13.4. The van der Waals surface area contributed by atoms with Crippen LogP contribution in [0.5, 0.6) is 0 Å². The number of oxime groups is 1. The molecule has 0 radical (unpaired) electrons. The van der Waals surface area contributed by atoms with Crippen molar-refractivity contribution >= 4 is 15.9 Å². The highest BCUT2D eigenvalue weighted by Crippen LogP contribution is 2.14. The summed E-state index contributed by atoms with van der Waals surface area (Å²) < 4.78 is 39.4. The minimum absolute atomic E-state index is 0.267. The molecule has 100 valence electrons. The largest absolute Gasteiger partial charge is 0.409 e. The number of sulfonamides is 1. The van der Waals surface area contributed by atoms with Crippen LogP contribution in [0.15, 0.2) is 34.3 Å². The predicted molar refractivity (Wildman–Crippen MR) is 64.2 cm³/mol. The number of nitrogens with two attached hydrogens (primary N) is 1. The molecule has 8 heteroatoms. The first-order valence-corrected chi connectivity index (χ1v) is 6.65. The Balaban J connectivity index is 3.06. The average Bonchev–Trinajstić information content (AvgIpc) is 2.35. The van der Waals surface area contributed by atoms with Gasteiger partial charge in [-0.2, -0.15) is 0 Å². The fourth-order valence-corrected chi connectivity index (χ4v) is 2.71. The molecule has 4 N–H and O–H groups in total. The van der Waals surface area contributed by atoms with E-state index in [2.05, 4.69) is 9.88 Å². The number of halogens is 1. The number of benzene rings is 1. The van der Waals surface area contributed by atoms with Gasteiger partial charge < -0.3 is 10.9 Å². The molecule has 0 saturated heterocycles. The van der Waals surface area contributed by atoms with Gasteiger partial charge >= 0.3 is 0 Å². The van der Waals surface area contributed by atoms with Crippen LogP contribution in [-0.2, 0) is 10.0 Å². The Kier molecular flexibility index (Phi) is 4.62. The number of nitrogens with one attached hydrogen (secondary N) is 1. The summed E-state index contributed by atoms with van der Waals surface area (Å²) in [5.74, 6) is -1.14. The Bertz CT molecular complexity index is 545. The fourth-order valence-electron chi connectivity index (χ4n) is 1.34. The van der Waals surface area contributed by atoms with Gasteiger partial charge in [-0.15, -0.1) is 0 Å². The number of hydrogen-bond donors (Lipinski definition) is 3. The zero-order valence-electron chi connectivity index (χ0n) is 9.67. The number of nitrogens with zero attached hydrogens (tertiary/aromatic N) is 1. The monoisotopic (exact) mass is 275 g/mol. The van der Waals surface area contributed by atoms with Gasteiger partial charge in [0.15, 0.2) is 5.84 Å². The molecule has 0 aromatic heterocycles. The Morgan fingerprint density at radius 2 is 2.17 bits per heavy atom. The first-order valence-electron chi connectivity index (χ1n) is 5.16. The van der Waals surface area contributed by atoms with E-state index < -0.39 is 26.8 Å². The van der Waals surface area contributed by atoms with Crippen molar-refractivity contribution in [2.24, 2.45) is 10.9 Å². The van der Waals surface area contributed by atoms with Gasteiger partial charge in [0.05, 0.1) is 6.04 Å². The quantitative estimate of drug-likeness (QED) is 0.317. The summed E-state index contributed by atoms with van der Waals surface area (Å²) in [6, 6.07) is 4.08. The molecule has 0 spiro atoms. The van der Waals surface area contributed by atoms with Crippen LogP contribution in [0.4, 0.5) is 4.39 Å². The van der Waals surface area contributed by atoms with Crippen molar-refractivity contribution in [3.05, 3.63) is 30.1 Å². The SMILES string of the molecule is CCC(NS(=O)(=O)c1ccccc1F)/C(N)=N/O. The Morgan fingerprint density at radius 3 is 2.67 bits per heavy atom. The van der Waals surface area contributed by atoms with E-state index in [1.54, 1.807) is 6.92 Å². The molecule has 0 aliphatic heterocycles. The van der Waals surface area contributed by atoms with Gasteiger partial charge in [-0.05, 0) is 18.6 Å². The van der Waals surface area contributed by atoms with Gasteiger partial charge in [-0.3, -0.25) is 0 Å². The van der Waals surface area contributed by atoms with Crippen LogP contribution in [0.25, 0.3) is 0 Å². The zero-order chi connectivity index (χ0) is 13.8. The van der Waals surface area contributed by atoms with E-state index in [0.717, 1.165) is 12.1 Å². The molecule has 1 rings (SSSR count). The molecule has 1 atom stereocenters. The van der Waals surface area contributed by atoms with E-state index in [1.807, 2.05) is 0 Å². The summed E-state index contributed by atoms with van der Waals surface area (Å²) in [5.41, 5.74) is 5.33. The Morgan fingerprint density at radius 1 is 1.56 bits per heavy atom. The summed E-state index contributed by atoms with van der Waals surface area (Å²) in [6.45, 7) is 1.65. The molecule has 1 unspecified atom stereocenters. The molecule has 0 fully saturated rings. The van der Waals surface area contributed by atoms with Crippen LogP contribution >= 0.6 is 0 Å². The Labute approximate surface area is 104 Å². The molecule has 18 heavy (non-hydrogen) atoms. The van der Waals surface area contributed by atoms with Gasteiger partial charge in [-0.1, -0.05) is 24.2 Å². The smallest absolute Gasteiger partial charge is 0.244 e. The van der Waals surface area contributed by atoms with E-state index in [0.29, 0.717) is 0 Å². The summed E-state index contributed by atoms with van der Waals surface area (Å²) in [4.78, 5) is -0.478. The summed E-state index contributed by atoms with van der Waals surface area (Å²) in [7, 11) is -4.05. The topological polar surface area (TPSA) is 105 Å². The molecule has 0 amide bonds. The maximum Gasteiger partial charge on any atom is 0.244 e. The van der Waals surface area contributed by atoms with Crippen LogP contribution < -0.4 is 10.5 Å². The highest BCUT2D eigenvalue weighted by atomic mass is 32.2. The van der Waals surface area contributed by atoms with Gasteiger partial charge in [0.2, 0.25) is 10.0 Å². The summed E-state index contributed by atoms with van der Waals surface area (Å²) in [5, 5.41) is 11.2. The normalized spacial score (nSPS) is 14.4. The van der Waals surface area contributed by atoms with Gasteiger partial charge in [0, 0.05) is 0 Å². The minimum atomic E-state index is -4.05. The summed E-state index contributed by atoms with van der Waals surface area (Å²) >= 11 is 0. The number of hydrogen-bond acceptors (Lipinski definition) is 4.